The van der Waals surface area contributed by atoms with Crippen molar-refractivity contribution in [2.45, 2.75) is 6.61 Å². The number of rotatable bonds is 7. The maximum absolute atomic E-state index is 12.2. The number of hydrogen-bond donors (Lipinski definition) is 1. The molecule has 2 aromatic rings. The monoisotopic (exact) mass is 432 g/mol. The smallest absolute Gasteiger partial charge is 0.387 e. The predicted molar refractivity (Wildman–Crippen MR) is 98.3 cm³/mol. The maximum atomic E-state index is 12.2. The van der Waals surface area contributed by atoms with E-state index >= 15 is 0 Å². The molecule has 1 aliphatic rings. The van der Waals surface area contributed by atoms with E-state index in [1.165, 1.54) is 12.1 Å². The normalized spacial score (nSPS) is 12.5. The van der Waals surface area contributed by atoms with Crippen LogP contribution in [0, 0.1) is 0 Å². The van der Waals surface area contributed by atoms with Gasteiger partial charge in [0, 0.05) is 5.56 Å². The molecule has 0 fully saturated rings. The molecule has 2 aromatic carbocycles. The van der Waals surface area contributed by atoms with Gasteiger partial charge in [0.25, 0.3) is 23.6 Å². The van der Waals surface area contributed by atoms with Crippen LogP contribution in [0.15, 0.2) is 48.5 Å². The van der Waals surface area contributed by atoms with Crippen molar-refractivity contribution in [2.75, 3.05) is 13.2 Å². The van der Waals surface area contributed by atoms with Crippen LogP contribution in [-0.4, -0.2) is 54.3 Å². The molecule has 31 heavy (non-hydrogen) atoms. The van der Waals surface area contributed by atoms with Crippen molar-refractivity contribution in [2.24, 2.45) is 0 Å². The summed E-state index contributed by atoms with van der Waals surface area (Å²) in [5.41, 5.74) is 0.300. The summed E-state index contributed by atoms with van der Waals surface area (Å²) >= 11 is 0. The van der Waals surface area contributed by atoms with Crippen LogP contribution in [0.1, 0.15) is 31.1 Å². The number of carbonyl (C=O) groups excluding carboxylic acids is 5. The molecular weight excluding hydrogens is 418 g/mol. The third-order valence-electron chi connectivity index (χ3n) is 4.12. The van der Waals surface area contributed by atoms with Crippen molar-refractivity contribution in [1.82, 2.24) is 10.2 Å². The van der Waals surface area contributed by atoms with Gasteiger partial charge in [0.15, 0.2) is 6.61 Å². The fraction of sp³-hybridized carbons (Fsp3) is 0.150. The summed E-state index contributed by atoms with van der Waals surface area (Å²) in [4.78, 5) is 60.8. The third-order valence-corrected chi connectivity index (χ3v) is 4.12. The van der Waals surface area contributed by atoms with E-state index in [1.54, 1.807) is 12.1 Å². The van der Waals surface area contributed by atoms with Crippen molar-refractivity contribution in [3.8, 4) is 5.75 Å². The van der Waals surface area contributed by atoms with Crippen LogP contribution in [0.5, 0.6) is 5.75 Å². The molecule has 1 N–H and O–H groups in total. The summed E-state index contributed by atoms with van der Waals surface area (Å²) in [6, 6.07) is 10.6. The van der Waals surface area contributed by atoms with Gasteiger partial charge in [-0.15, -0.1) is 0 Å². The molecule has 3 rings (SSSR count). The average Bonchev–Trinajstić information content (AvgIpc) is 2.97. The Hall–Kier alpha value is -4.15. The van der Waals surface area contributed by atoms with Gasteiger partial charge >= 0.3 is 12.6 Å². The van der Waals surface area contributed by atoms with Crippen molar-refractivity contribution in [3.05, 3.63) is 65.2 Å². The lowest BCUT2D eigenvalue weighted by molar-refractivity contribution is -0.148. The number of imide groups is 2. The van der Waals surface area contributed by atoms with E-state index in [0.29, 0.717) is 4.90 Å². The van der Waals surface area contributed by atoms with Gasteiger partial charge in [-0.1, -0.05) is 12.1 Å². The summed E-state index contributed by atoms with van der Waals surface area (Å²) in [6.45, 7) is -4.55. The minimum atomic E-state index is -3.02. The molecule has 11 heteroatoms. The summed E-state index contributed by atoms with van der Waals surface area (Å²) in [5.74, 6) is -4.32. The first kappa shape index (κ1) is 21.6. The van der Waals surface area contributed by atoms with Crippen LogP contribution < -0.4 is 10.1 Å². The molecule has 0 unspecified atom stereocenters. The lowest BCUT2D eigenvalue weighted by Crippen LogP contribution is -2.38. The zero-order valence-corrected chi connectivity index (χ0v) is 15.7. The molecule has 1 aliphatic heterocycles. The fourth-order valence-corrected chi connectivity index (χ4v) is 2.73. The Morgan fingerprint density at radius 3 is 2.06 bits per heavy atom. The molecule has 0 saturated heterocycles. The molecule has 160 valence electrons. The molecule has 0 spiro atoms. The summed E-state index contributed by atoms with van der Waals surface area (Å²) in [7, 11) is 0. The predicted octanol–water partition coefficient (Wildman–Crippen LogP) is 1.38. The van der Waals surface area contributed by atoms with E-state index in [-0.39, 0.29) is 22.4 Å². The zero-order chi connectivity index (χ0) is 22.5. The molecule has 0 bridgehead atoms. The highest BCUT2D eigenvalue weighted by Gasteiger charge is 2.36. The Morgan fingerprint density at radius 1 is 0.935 bits per heavy atom. The lowest BCUT2D eigenvalue weighted by atomic mass is 10.1. The van der Waals surface area contributed by atoms with Gasteiger partial charge in [-0.3, -0.25) is 34.2 Å². The minimum Gasteiger partial charge on any atom is -0.454 e. The highest BCUT2D eigenvalue weighted by atomic mass is 19.3. The number of carbonyl (C=O) groups is 5. The number of alkyl halides is 2. The molecular formula is C20H14F2N2O7. The second-order valence-electron chi connectivity index (χ2n) is 6.18. The van der Waals surface area contributed by atoms with E-state index in [4.69, 9.17) is 4.74 Å². The number of fused-ring (bicyclic) bond motifs is 1. The van der Waals surface area contributed by atoms with Crippen LogP contribution in [0.2, 0.25) is 0 Å². The quantitative estimate of drug-likeness (QED) is 0.519. The van der Waals surface area contributed by atoms with Gasteiger partial charge in [0.1, 0.15) is 12.3 Å². The molecule has 0 aromatic heterocycles. The summed E-state index contributed by atoms with van der Waals surface area (Å²) < 4.78 is 33.1. The van der Waals surface area contributed by atoms with Gasteiger partial charge in [0.05, 0.1) is 11.1 Å². The van der Waals surface area contributed by atoms with Gasteiger partial charge in [0.2, 0.25) is 0 Å². The number of ether oxygens (including phenoxy) is 2. The first-order chi connectivity index (χ1) is 14.8. The topological polar surface area (TPSA) is 119 Å². The minimum absolute atomic E-state index is 0.0210. The van der Waals surface area contributed by atoms with Gasteiger partial charge in [-0.2, -0.15) is 8.78 Å². The number of halogens is 2. The third kappa shape index (κ3) is 5.07. The Labute approximate surface area is 173 Å². The Kier molecular flexibility index (Phi) is 6.34. The number of hydrogen-bond acceptors (Lipinski definition) is 7. The number of benzene rings is 2. The van der Waals surface area contributed by atoms with Gasteiger partial charge in [-0.05, 0) is 36.4 Å². The molecule has 4 amide bonds. The fourth-order valence-electron chi connectivity index (χ4n) is 2.73. The van der Waals surface area contributed by atoms with E-state index in [9.17, 15) is 32.8 Å². The van der Waals surface area contributed by atoms with Crippen LogP contribution in [0.25, 0.3) is 0 Å². The summed E-state index contributed by atoms with van der Waals surface area (Å²) in [6.07, 6.45) is 0. The van der Waals surface area contributed by atoms with Crippen LogP contribution in [-0.2, 0) is 14.3 Å². The van der Waals surface area contributed by atoms with Crippen molar-refractivity contribution >= 4 is 29.6 Å². The molecule has 0 aliphatic carbocycles. The molecule has 9 nitrogen and oxygen atoms in total. The largest absolute Gasteiger partial charge is 0.454 e. The van der Waals surface area contributed by atoms with Crippen LogP contribution in [0.4, 0.5) is 8.78 Å². The van der Waals surface area contributed by atoms with E-state index < -0.39 is 49.4 Å². The second kappa shape index (κ2) is 9.11. The van der Waals surface area contributed by atoms with Crippen molar-refractivity contribution < 1.29 is 42.2 Å². The van der Waals surface area contributed by atoms with E-state index in [2.05, 4.69) is 4.74 Å². The number of esters is 1. The first-order valence-electron chi connectivity index (χ1n) is 8.76. The van der Waals surface area contributed by atoms with E-state index in [1.807, 2.05) is 5.32 Å². The van der Waals surface area contributed by atoms with Crippen molar-refractivity contribution in [1.29, 1.82) is 0 Å². The Balaban J connectivity index is 1.47. The highest BCUT2D eigenvalue weighted by molar-refractivity contribution is 6.22. The van der Waals surface area contributed by atoms with Gasteiger partial charge in [-0.25, -0.2) is 0 Å². The number of nitrogens with zero attached hydrogens (tertiary/aromatic N) is 1. The maximum Gasteiger partial charge on any atom is 0.387 e. The zero-order valence-electron chi connectivity index (χ0n) is 15.7. The molecule has 0 radical (unpaired) electrons. The molecule has 0 saturated carbocycles. The van der Waals surface area contributed by atoms with Gasteiger partial charge < -0.3 is 9.47 Å². The number of nitrogens with one attached hydrogen (secondary N) is 1. The van der Waals surface area contributed by atoms with Crippen LogP contribution >= 0.6 is 0 Å². The lowest BCUT2D eigenvalue weighted by Gasteiger charge is -2.13. The second-order valence-corrected chi connectivity index (χ2v) is 6.18. The Bertz CT molecular complexity index is 1020. The van der Waals surface area contributed by atoms with Crippen molar-refractivity contribution in [3.63, 3.8) is 0 Å². The highest BCUT2D eigenvalue weighted by Crippen LogP contribution is 2.22. The van der Waals surface area contributed by atoms with E-state index in [0.717, 1.165) is 24.3 Å². The number of amides is 4. The molecule has 1 heterocycles. The average molecular weight is 432 g/mol. The standard InChI is InChI=1S/C20H14F2N2O7/c21-20(22)31-12-7-5-11(6-8-12)17(27)23-15(25)10-30-16(26)9-24-18(28)13-3-1-2-4-14(13)19(24)29/h1-8,20H,9-10H2,(H,23,25,27). The first-order valence-corrected chi connectivity index (χ1v) is 8.76. The van der Waals surface area contributed by atoms with Crippen LogP contribution in [0.3, 0.4) is 0 Å². The SMILES string of the molecule is O=C(COC(=O)CN1C(=O)c2ccccc2C1=O)NC(=O)c1ccc(OC(F)F)cc1. The summed E-state index contributed by atoms with van der Waals surface area (Å²) in [5, 5.41) is 1.95. The molecule has 0 atom stereocenters. The Morgan fingerprint density at radius 2 is 1.52 bits per heavy atom.